The van der Waals surface area contributed by atoms with Gasteiger partial charge >= 0.3 is 12.0 Å². The van der Waals surface area contributed by atoms with Gasteiger partial charge in [0.25, 0.3) is 0 Å². The topological polar surface area (TPSA) is 98.3 Å². The highest BCUT2D eigenvalue weighted by Crippen LogP contribution is 2.22. The number of aliphatic carboxylic acids is 1. The Morgan fingerprint density at radius 1 is 1.38 bits per heavy atom. The normalized spacial score (nSPS) is 12.4. The number of hydrogen-bond donors (Lipinski definition) is 1. The molecule has 2 aromatic heterocycles. The largest absolute Gasteiger partial charge is 0.481 e. The predicted molar refractivity (Wildman–Crippen MR) is 73.7 cm³/mol. The zero-order chi connectivity index (χ0) is 15.4. The van der Waals surface area contributed by atoms with Gasteiger partial charge in [0.15, 0.2) is 0 Å². The van der Waals surface area contributed by atoms with Crippen LogP contribution in [0.5, 0.6) is 6.01 Å². The third-order valence-electron chi connectivity index (χ3n) is 3.21. The summed E-state index contributed by atoms with van der Waals surface area (Å²) < 4.78 is 10.1. The number of methoxy groups -OCH3 is 1. The fourth-order valence-corrected chi connectivity index (χ4v) is 1.92. The molecule has 0 aliphatic rings. The van der Waals surface area contributed by atoms with E-state index >= 15 is 0 Å². The van der Waals surface area contributed by atoms with Crippen molar-refractivity contribution in [2.24, 2.45) is 11.8 Å². The fraction of sp³-hybridized carbons (Fsp3) is 0.429. The van der Waals surface area contributed by atoms with E-state index in [1.54, 1.807) is 18.5 Å². The van der Waals surface area contributed by atoms with Crippen molar-refractivity contribution in [1.82, 2.24) is 15.1 Å². The average Bonchev–Trinajstić information content (AvgIpc) is 2.93. The van der Waals surface area contributed by atoms with Crippen LogP contribution in [-0.2, 0) is 11.2 Å². The second-order valence-corrected chi connectivity index (χ2v) is 5.03. The highest BCUT2D eigenvalue weighted by molar-refractivity contribution is 5.70. The Balaban J connectivity index is 2.15. The molecule has 7 nitrogen and oxygen atoms in total. The molecule has 0 radical (unpaired) electrons. The molecule has 7 heteroatoms. The first-order valence-corrected chi connectivity index (χ1v) is 6.56. The lowest BCUT2D eigenvalue weighted by Crippen LogP contribution is -2.21. The van der Waals surface area contributed by atoms with Crippen LogP contribution in [0.1, 0.15) is 19.6 Å². The highest BCUT2D eigenvalue weighted by Gasteiger charge is 2.24. The van der Waals surface area contributed by atoms with Crippen molar-refractivity contribution >= 4 is 5.97 Å². The zero-order valence-electron chi connectivity index (χ0n) is 12.1. The molecule has 1 atom stereocenters. The van der Waals surface area contributed by atoms with Crippen molar-refractivity contribution in [3.8, 4) is 17.3 Å². The molecular weight excluding hydrogens is 274 g/mol. The summed E-state index contributed by atoms with van der Waals surface area (Å²) >= 11 is 0. The monoisotopic (exact) mass is 291 g/mol. The van der Waals surface area contributed by atoms with Crippen LogP contribution in [0.2, 0.25) is 0 Å². The van der Waals surface area contributed by atoms with Crippen LogP contribution in [0, 0.1) is 11.8 Å². The predicted octanol–water partition coefficient (Wildman–Crippen LogP) is 2.04. The molecule has 0 aromatic carbocycles. The number of carboxylic acids is 1. The molecule has 21 heavy (non-hydrogen) atoms. The molecule has 1 N–H and O–H groups in total. The second-order valence-electron chi connectivity index (χ2n) is 5.03. The lowest BCUT2D eigenvalue weighted by Gasteiger charge is -2.13. The number of nitrogens with zero attached hydrogens (tertiary/aromatic N) is 3. The Kier molecular flexibility index (Phi) is 4.52. The van der Waals surface area contributed by atoms with Gasteiger partial charge in [-0.1, -0.05) is 19.0 Å². The number of carboxylic acid groups (broad SMARTS) is 1. The molecule has 0 fully saturated rings. The van der Waals surface area contributed by atoms with Crippen molar-refractivity contribution in [3.63, 3.8) is 0 Å². The summed E-state index contributed by atoms with van der Waals surface area (Å²) in [5.74, 6) is -0.795. The minimum Gasteiger partial charge on any atom is -0.481 e. The summed E-state index contributed by atoms with van der Waals surface area (Å²) in [5, 5.41) is 13.1. The maximum absolute atomic E-state index is 11.2. The zero-order valence-corrected chi connectivity index (χ0v) is 12.1. The summed E-state index contributed by atoms with van der Waals surface area (Å²) in [6.45, 7) is 3.74. The van der Waals surface area contributed by atoms with E-state index in [0.717, 1.165) is 0 Å². The van der Waals surface area contributed by atoms with Crippen LogP contribution < -0.4 is 4.74 Å². The Bertz CT molecular complexity index is 607. The molecule has 2 heterocycles. The van der Waals surface area contributed by atoms with Gasteiger partial charge in [0, 0.05) is 30.4 Å². The molecule has 0 saturated heterocycles. The van der Waals surface area contributed by atoms with Crippen LogP contribution >= 0.6 is 0 Å². The fourth-order valence-electron chi connectivity index (χ4n) is 1.92. The SMILES string of the molecule is COc1ncc(-c2cc(CC(C(=O)O)C(C)C)on2)cn1. The van der Waals surface area contributed by atoms with E-state index < -0.39 is 11.9 Å². The van der Waals surface area contributed by atoms with E-state index in [-0.39, 0.29) is 11.9 Å². The van der Waals surface area contributed by atoms with Crippen molar-refractivity contribution < 1.29 is 19.2 Å². The molecular formula is C14H17N3O4. The van der Waals surface area contributed by atoms with E-state index in [4.69, 9.17) is 9.26 Å². The number of aromatic nitrogens is 3. The van der Waals surface area contributed by atoms with Crippen LogP contribution in [0.4, 0.5) is 0 Å². The average molecular weight is 291 g/mol. The van der Waals surface area contributed by atoms with Gasteiger partial charge in [-0.2, -0.15) is 0 Å². The van der Waals surface area contributed by atoms with Crippen LogP contribution in [0.15, 0.2) is 23.0 Å². The Morgan fingerprint density at radius 3 is 2.57 bits per heavy atom. The van der Waals surface area contributed by atoms with Gasteiger partial charge in [-0.05, 0) is 5.92 Å². The summed E-state index contributed by atoms with van der Waals surface area (Å²) in [7, 11) is 1.49. The number of hydrogen-bond acceptors (Lipinski definition) is 6. The molecule has 0 aliphatic heterocycles. The first kappa shape index (κ1) is 15.0. The van der Waals surface area contributed by atoms with E-state index in [2.05, 4.69) is 15.1 Å². The lowest BCUT2D eigenvalue weighted by molar-refractivity contribution is -0.143. The van der Waals surface area contributed by atoms with Gasteiger partial charge in [-0.25, -0.2) is 9.97 Å². The molecule has 0 amide bonds. The lowest BCUT2D eigenvalue weighted by atomic mass is 9.91. The van der Waals surface area contributed by atoms with Gasteiger partial charge in [0.05, 0.1) is 13.0 Å². The molecule has 2 rings (SSSR count). The van der Waals surface area contributed by atoms with Crippen molar-refractivity contribution in [2.75, 3.05) is 7.11 Å². The van der Waals surface area contributed by atoms with Gasteiger partial charge in [-0.3, -0.25) is 4.79 Å². The van der Waals surface area contributed by atoms with E-state index in [1.807, 2.05) is 13.8 Å². The summed E-state index contributed by atoms with van der Waals surface area (Å²) in [6.07, 6.45) is 3.45. The minimum atomic E-state index is -0.837. The van der Waals surface area contributed by atoms with Crippen LogP contribution in [-0.4, -0.2) is 33.3 Å². The molecule has 2 aromatic rings. The molecule has 112 valence electrons. The quantitative estimate of drug-likeness (QED) is 0.869. The van der Waals surface area contributed by atoms with E-state index in [9.17, 15) is 9.90 Å². The highest BCUT2D eigenvalue weighted by atomic mass is 16.5. The summed E-state index contributed by atoms with van der Waals surface area (Å²) in [5.41, 5.74) is 1.25. The maximum atomic E-state index is 11.2. The second kappa shape index (κ2) is 6.34. The van der Waals surface area contributed by atoms with Gasteiger partial charge in [-0.15, -0.1) is 0 Å². The van der Waals surface area contributed by atoms with Gasteiger partial charge in [0.1, 0.15) is 11.5 Å². The first-order valence-electron chi connectivity index (χ1n) is 6.56. The molecule has 0 aliphatic carbocycles. The van der Waals surface area contributed by atoms with Crippen molar-refractivity contribution in [2.45, 2.75) is 20.3 Å². The molecule has 1 unspecified atom stereocenters. The first-order chi connectivity index (χ1) is 10.0. The molecule has 0 spiro atoms. The molecule has 0 bridgehead atoms. The number of rotatable bonds is 6. The maximum Gasteiger partial charge on any atom is 0.316 e. The van der Waals surface area contributed by atoms with E-state index in [0.29, 0.717) is 23.4 Å². The number of ether oxygens (including phenoxy) is 1. The standard InChI is InChI=1S/C14H17N3O4/c1-8(2)11(13(18)19)4-10-5-12(17-21-10)9-6-15-14(20-3)16-7-9/h5-8,11H,4H2,1-3H3,(H,18,19). The van der Waals surface area contributed by atoms with Crippen molar-refractivity contribution in [1.29, 1.82) is 0 Å². The molecule has 0 saturated carbocycles. The van der Waals surface area contributed by atoms with Crippen LogP contribution in [0.3, 0.4) is 0 Å². The Labute approximate surface area is 122 Å². The Hall–Kier alpha value is -2.44. The van der Waals surface area contributed by atoms with Gasteiger partial charge in [0.2, 0.25) is 0 Å². The third-order valence-corrected chi connectivity index (χ3v) is 3.21. The minimum absolute atomic E-state index is 0.0142. The number of carbonyl (C=O) groups is 1. The Morgan fingerprint density at radius 2 is 2.05 bits per heavy atom. The summed E-state index contributed by atoms with van der Waals surface area (Å²) in [6, 6.07) is 1.98. The smallest absolute Gasteiger partial charge is 0.316 e. The van der Waals surface area contributed by atoms with Crippen LogP contribution in [0.25, 0.3) is 11.3 Å². The summed E-state index contributed by atoms with van der Waals surface area (Å²) in [4.78, 5) is 19.2. The van der Waals surface area contributed by atoms with E-state index in [1.165, 1.54) is 7.11 Å². The third kappa shape index (κ3) is 3.56. The van der Waals surface area contributed by atoms with Gasteiger partial charge < -0.3 is 14.4 Å². The van der Waals surface area contributed by atoms with Crippen molar-refractivity contribution in [3.05, 3.63) is 24.2 Å².